The minimum atomic E-state index is 0.395. The highest BCUT2D eigenvalue weighted by Gasteiger charge is 2.20. The summed E-state index contributed by atoms with van der Waals surface area (Å²) in [5.74, 6) is 0.974. The predicted octanol–water partition coefficient (Wildman–Crippen LogP) is 12.1. The summed E-state index contributed by atoms with van der Waals surface area (Å²) in [5.41, 5.74) is 18.1. The first-order valence-corrected chi connectivity index (χ1v) is 19.2. The minimum absolute atomic E-state index is 0.395. The van der Waals surface area contributed by atoms with Gasteiger partial charge >= 0.3 is 0 Å². The van der Waals surface area contributed by atoms with Crippen LogP contribution in [-0.2, 0) is 6.54 Å². The van der Waals surface area contributed by atoms with Crippen LogP contribution in [0.1, 0.15) is 16.7 Å². The molecule has 8 aromatic carbocycles. The Labute approximate surface area is 328 Å². The lowest BCUT2D eigenvalue weighted by Crippen LogP contribution is -2.16. The summed E-state index contributed by atoms with van der Waals surface area (Å²) in [6.07, 6.45) is 0. The summed E-state index contributed by atoms with van der Waals surface area (Å²) < 4.78 is 10.8. The Morgan fingerprint density at radius 3 is 1.89 bits per heavy atom. The summed E-state index contributed by atoms with van der Waals surface area (Å²) in [6.45, 7) is 0.442. The average molecular weight is 734 g/mol. The Balaban J connectivity index is 0.990. The van der Waals surface area contributed by atoms with Crippen molar-refractivity contribution in [3.05, 3.63) is 205 Å². The van der Waals surface area contributed by atoms with Crippen LogP contribution in [0.5, 0.6) is 0 Å². The molecule has 3 aromatic heterocycles. The second kappa shape index (κ2) is 13.3. The lowest BCUT2D eigenvalue weighted by Gasteiger charge is -2.10. The molecule has 0 spiro atoms. The van der Waals surface area contributed by atoms with Crippen LogP contribution in [0.3, 0.4) is 0 Å². The Morgan fingerprint density at radius 2 is 1.11 bits per heavy atom. The van der Waals surface area contributed by atoms with Gasteiger partial charge in [-0.3, -0.25) is 4.99 Å². The fourth-order valence-electron chi connectivity index (χ4n) is 8.39. The molecule has 0 saturated heterocycles. The number of amidine groups is 2. The van der Waals surface area contributed by atoms with E-state index in [0.717, 1.165) is 61.0 Å². The van der Waals surface area contributed by atoms with Crippen molar-refractivity contribution in [1.82, 2.24) is 9.13 Å². The summed E-state index contributed by atoms with van der Waals surface area (Å²) >= 11 is 0. The lowest BCUT2D eigenvalue weighted by molar-refractivity contribution is 0.669. The number of rotatable bonds is 6. The van der Waals surface area contributed by atoms with E-state index in [4.69, 9.17) is 20.1 Å². The average Bonchev–Trinajstić information content (AvgIpc) is 3.93. The van der Waals surface area contributed by atoms with Gasteiger partial charge in [-0.1, -0.05) is 121 Å². The maximum Gasteiger partial charge on any atom is 0.157 e. The Bertz CT molecular complexity index is 3370. The zero-order chi connectivity index (χ0) is 37.9. The van der Waals surface area contributed by atoms with Crippen molar-refractivity contribution < 1.29 is 4.42 Å². The molecule has 0 radical (unpaired) electrons. The molecule has 0 aliphatic rings. The van der Waals surface area contributed by atoms with Crippen molar-refractivity contribution in [2.24, 2.45) is 15.7 Å². The van der Waals surface area contributed by atoms with Gasteiger partial charge in [-0.05, 0) is 72.3 Å². The first-order valence-electron chi connectivity index (χ1n) is 19.2. The molecule has 0 fully saturated rings. The minimum Gasteiger partial charge on any atom is -0.456 e. The molecular formula is C51H35N5O. The number of aliphatic imine (C=N–C) groups is 2. The molecule has 57 heavy (non-hydrogen) atoms. The number of aromatic nitrogens is 2. The van der Waals surface area contributed by atoms with Crippen LogP contribution in [0.2, 0.25) is 0 Å². The zero-order valence-corrected chi connectivity index (χ0v) is 30.9. The van der Waals surface area contributed by atoms with Crippen molar-refractivity contribution in [2.75, 3.05) is 0 Å². The maximum absolute atomic E-state index is 6.70. The van der Waals surface area contributed by atoms with E-state index in [-0.39, 0.29) is 0 Å². The smallest absolute Gasteiger partial charge is 0.157 e. The van der Waals surface area contributed by atoms with Crippen molar-refractivity contribution in [3.63, 3.8) is 0 Å². The monoisotopic (exact) mass is 733 g/mol. The molecule has 0 aliphatic heterocycles. The molecule has 11 rings (SSSR count). The highest BCUT2D eigenvalue weighted by atomic mass is 16.3. The van der Waals surface area contributed by atoms with E-state index in [0.29, 0.717) is 18.2 Å². The Morgan fingerprint density at radius 1 is 0.474 bits per heavy atom. The molecule has 11 aromatic rings. The molecular weight excluding hydrogens is 699 g/mol. The third kappa shape index (κ3) is 5.41. The number of nitrogens with zero attached hydrogens (tertiary/aromatic N) is 4. The lowest BCUT2D eigenvalue weighted by atomic mass is 10.1. The van der Waals surface area contributed by atoms with E-state index >= 15 is 0 Å². The topological polar surface area (TPSA) is 73.7 Å². The van der Waals surface area contributed by atoms with Gasteiger partial charge in [0.05, 0.1) is 28.6 Å². The second-order valence-electron chi connectivity index (χ2n) is 14.4. The van der Waals surface area contributed by atoms with Crippen LogP contribution < -0.4 is 5.73 Å². The molecule has 6 nitrogen and oxygen atoms in total. The van der Waals surface area contributed by atoms with Crippen LogP contribution in [0, 0.1) is 0 Å². The third-order valence-corrected chi connectivity index (χ3v) is 11.0. The number of hydrogen-bond donors (Lipinski definition) is 1. The quantitative estimate of drug-likeness (QED) is 0.136. The van der Waals surface area contributed by atoms with Crippen molar-refractivity contribution >= 4 is 77.2 Å². The van der Waals surface area contributed by atoms with Crippen LogP contribution in [0.25, 0.3) is 76.9 Å². The summed E-state index contributed by atoms with van der Waals surface area (Å²) in [7, 11) is 0. The molecule has 0 saturated carbocycles. The van der Waals surface area contributed by atoms with Crippen LogP contribution in [0.15, 0.2) is 202 Å². The van der Waals surface area contributed by atoms with Gasteiger partial charge in [-0.2, -0.15) is 0 Å². The standard InChI is InChI=1S/C51H35N5O/c52-50(35-25-30-47-42(31-35)39-18-9-12-22-46(39)57-47)54-51(34-13-3-1-4-14-34)53-32-33-23-26-37(27-24-33)55-44-21-11-8-19-41(44)48-45(55)29-28-40-38-17-7-10-20-43(38)56(49(40)48)36-15-5-2-6-16-36/h1-31H,32H2,(H2,52,53,54). The van der Waals surface area contributed by atoms with E-state index in [1.54, 1.807) is 0 Å². The molecule has 270 valence electrons. The van der Waals surface area contributed by atoms with Crippen LogP contribution >= 0.6 is 0 Å². The number of para-hydroxylation sites is 4. The van der Waals surface area contributed by atoms with Crippen molar-refractivity contribution in [1.29, 1.82) is 0 Å². The third-order valence-electron chi connectivity index (χ3n) is 11.0. The van der Waals surface area contributed by atoms with Crippen molar-refractivity contribution in [2.45, 2.75) is 6.54 Å². The molecule has 0 amide bonds. The van der Waals surface area contributed by atoms with Gasteiger partial charge in [0.15, 0.2) is 5.84 Å². The van der Waals surface area contributed by atoms with Gasteiger partial charge in [0.2, 0.25) is 0 Å². The zero-order valence-electron chi connectivity index (χ0n) is 30.9. The normalized spacial score (nSPS) is 12.6. The SMILES string of the molecule is NC(=NC(=NCc1ccc(-n2c3ccccc3c3c2ccc2c4ccccc4n(-c4ccccc4)c23)cc1)c1ccccc1)c1ccc2oc3ccccc3c2c1. The Kier molecular flexibility index (Phi) is 7.60. The highest BCUT2D eigenvalue weighted by Crippen LogP contribution is 2.42. The van der Waals surface area contributed by atoms with Crippen molar-refractivity contribution in [3.8, 4) is 11.4 Å². The van der Waals surface area contributed by atoms with Gasteiger partial charge in [0.1, 0.15) is 17.0 Å². The molecule has 3 heterocycles. The predicted molar refractivity (Wildman–Crippen MR) is 236 cm³/mol. The molecule has 0 aliphatic carbocycles. The fourth-order valence-corrected chi connectivity index (χ4v) is 8.39. The summed E-state index contributed by atoms with van der Waals surface area (Å²) in [4.78, 5) is 9.95. The van der Waals surface area contributed by atoms with Gasteiger partial charge in [-0.15, -0.1) is 0 Å². The van der Waals surface area contributed by atoms with Crippen LogP contribution in [0.4, 0.5) is 0 Å². The number of nitrogens with two attached hydrogens (primary N) is 1. The van der Waals surface area contributed by atoms with Gasteiger partial charge in [-0.25, -0.2) is 4.99 Å². The number of benzene rings is 8. The van der Waals surface area contributed by atoms with Gasteiger partial charge in [0, 0.05) is 54.8 Å². The van der Waals surface area contributed by atoms with E-state index in [1.807, 2.05) is 66.7 Å². The first-order chi connectivity index (χ1) is 28.2. The molecule has 2 N–H and O–H groups in total. The van der Waals surface area contributed by atoms with Gasteiger partial charge in [0.25, 0.3) is 0 Å². The van der Waals surface area contributed by atoms with E-state index in [9.17, 15) is 0 Å². The van der Waals surface area contributed by atoms with Crippen LogP contribution in [-0.4, -0.2) is 20.8 Å². The number of furan rings is 1. The van der Waals surface area contributed by atoms with E-state index in [2.05, 4.69) is 130 Å². The second-order valence-corrected chi connectivity index (χ2v) is 14.4. The first kappa shape index (κ1) is 32.7. The number of hydrogen-bond acceptors (Lipinski definition) is 2. The Hall–Kier alpha value is -7.70. The largest absolute Gasteiger partial charge is 0.456 e. The molecule has 6 heteroatoms. The highest BCUT2D eigenvalue weighted by molar-refractivity contribution is 6.26. The maximum atomic E-state index is 6.70. The molecule has 0 unspecified atom stereocenters. The van der Waals surface area contributed by atoms with Gasteiger partial charge < -0.3 is 19.3 Å². The number of fused-ring (bicyclic) bond motifs is 10. The molecule has 0 atom stereocenters. The fraction of sp³-hybridized carbons (Fsp3) is 0.0196. The molecule has 0 bridgehead atoms. The van der Waals surface area contributed by atoms with E-state index < -0.39 is 0 Å². The summed E-state index contributed by atoms with van der Waals surface area (Å²) in [6, 6.07) is 65.4. The summed E-state index contributed by atoms with van der Waals surface area (Å²) in [5, 5.41) is 6.99. The van der Waals surface area contributed by atoms with E-state index in [1.165, 1.54) is 32.6 Å².